The molecule has 0 fully saturated rings. The number of nitroso groups, excluding NO2 is 2. The standard InChI is InChI=1S/C5H5.C4H8N2O2.Co/c1-2-4-5-3-1;1-3(5-7)4(2)6-8;/h1-5H;3-4H,1-2H3;/t;3-,4-;/m.0./s1. The van der Waals surface area contributed by atoms with Gasteiger partial charge in [-0.2, -0.15) is 9.81 Å². The Morgan fingerprint density at radius 2 is 1.21 bits per heavy atom. The minimum absolute atomic E-state index is 0. The first kappa shape index (κ1) is 15.6. The van der Waals surface area contributed by atoms with Crippen molar-refractivity contribution < 1.29 is 16.8 Å². The summed E-state index contributed by atoms with van der Waals surface area (Å²) < 4.78 is 0. The monoisotopic (exact) mass is 240 g/mol. The van der Waals surface area contributed by atoms with Crippen molar-refractivity contribution in [3.8, 4) is 0 Å². The number of hydrogen-bond donors (Lipinski definition) is 0. The summed E-state index contributed by atoms with van der Waals surface area (Å²) in [6.45, 7) is 3.11. The molecule has 1 aliphatic carbocycles. The number of nitrogens with zero attached hydrogens (tertiary/aromatic N) is 2. The van der Waals surface area contributed by atoms with Gasteiger partial charge in [-0.15, -0.1) is 0 Å². The summed E-state index contributed by atoms with van der Waals surface area (Å²) in [5.41, 5.74) is 0. The zero-order chi connectivity index (χ0) is 10.1. The Morgan fingerprint density at radius 3 is 1.36 bits per heavy atom. The molecule has 0 aliphatic heterocycles. The molecule has 5 heteroatoms. The van der Waals surface area contributed by atoms with Gasteiger partial charge >= 0.3 is 0 Å². The summed E-state index contributed by atoms with van der Waals surface area (Å²) >= 11 is 0. The van der Waals surface area contributed by atoms with Gasteiger partial charge in [-0.05, 0) is 13.8 Å². The van der Waals surface area contributed by atoms with Crippen LogP contribution in [0.1, 0.15) is 13.8 Å². The predicted molar refractivity (Wildman–Crippen MR) is 53.1 cm³/mol. The van der Waals surface area contributed by atoms with Crippen molar-refractivity contribution in [1.82, 2.24) is 0 Å². The van der Waals surface area contributed by atoms with Gasteiger partial charge in [-0.25, -0.2) is 0 Å². The molecular formula is C9H13CoN2O2. The maximum atomic E-state index is 9.66. The summed E-state index contributed by atoms with van der Waals surface area (Å²) in [4.78, 5) is 19.3. The van der Waals surface area contributed by atoms with E-state index < -0.39 is 12.1 Å². The smallest absolute Gasteiger partial charge is 0.115 e. The van der Waals surface area contributed by atoms with Crippen molar-refractivity contribution in [2.45, 2.75) is 25.9 Å². The van der Waals surface area contributed by atoms with Gasteiger partial charge in [0.2, 0.25) is 0 Å². The molecule has 2 radical (unpaired) electrons. The third-order valence-electron chi connectivity index (χ3n) is 1.59. The predicted octanol–water partition coefficient (Wildman–Crippen LogP) is 2.61. The van der Waals surface area contributed by atoms with Crippen LogP contribution < -0.4 is 0 Å². The van der Waals surface area contributed by atoms with E-state index in [4.69, 9.17) is 0 Å². The Bertz CT molecular complexity index is 195. The zero-order valence-electron chi connectivity index (χ0n) is 8.09. The summed E-state index contributed by atoms with van der Waals surface area (Å²) in [6.07, 6.45) is 10.0. The van der Waals surface area contributed by atoms with Gasteiger partial charge in [0.25, 0.3) is 0 Å². The quantitative estimate of drug-likeness (QED) is 0.712. The van der Waals surface area contributed by atoms with Crippen LogP contribution in [0.3, 0.4) is 0 Å². The molecule has 0 aromatic carbocycles. The van der Waals surface area contributed by atoms with Crippen LogP contribution in [0.4, 0.5) is 0 Å². The Morgan fingerprint density at radius 1 is 0.857 bits per heavy atom. The maximum absolute atomic E-state index is 9.66. The van der Waals surface area contributed by atoms with E-state index in [1.165, 1.54) is 0 Å². The minimum atomic E-state index is -0.493. The molecule has 2 atom stereocenters. The molecule has 4 nitrogen and oxygen atoms in total. The first-order valence-electron chi connectivity index (χ1n) is 4.04. The average molecular weight is 240 g/mol. The van der Waals surface area contributed by atoms with E-state index in [2.05, 4.69) is 10.4 Å². The zero-order valence-corrected chi connectivity index (χ0v) is 9.13. The van der Waals surface area contributed by atoms with E-state index in [9.17, 15) is 9.81 Å². The third kappa shape index (κ3) is 7.82. The molecule has 0 amide bonds. The fourth-order valence-corrected chi connectivity index (χ4v) is 0.497. The second-order valence-electron chi connectivity index (χ2n) is 2.65. The molecule has 0 bridgehead atoms. The van der Waals surface area contributed by atoms with E-state index in [-0.39, 0.29) is 16.8 Å². The van der Waals surface area contributed by atoms with Gasteiger partial charge in [0.05, 0.1) is 0 Å². The Kier molecular flexibility index (Phi) is 11.5. The maximum Gasteiger partial charge on any atom is 0.115 e. The normalized spacial score (nSPS) is 15.9. The Balaban J connectivity index is 0. The molecule has 0 saturated heterocycles. The number of allylic oxidation sites excluding steroid dienone is 4. The van der Waals surface area contributed by atoms with Crippen LogP contribution in [0.5, 0.6) is 0 Å². The van der Waals surface area contributed by atoms with Gasteiger partial charge in [0.15, 0.2) is 0 Å². The van der Waals surface area contributed by atoms with Crippen molar-refractivity contribution in [3.05, 3.63) is 40.5 Å². The molecule has 0 aromatic rings. The van der Waals surface area contributed by atoms with Gasteiger partial charge in [0, 0.05) is 23.2 Å². The van der Waals surface area contributed by atoms with Crippen LogP contribution in [0.2, 0.25) is 0 Å². The second kappa shape index (κ2) is 10.3. The third-order valence-corrected chi connectivity index (χ3v) is 1.59. The van der Waals surface area contributed by atoms with Gasteiger partial charge in [0.1, 0.15) is 12.1 Å². The minimum Gasteiger partial charge on any atom is -0.150 e. The molecule has 1 rings (SSSR count). The average Bonchev–Trinajstić information content (AvgIpc) is 2.73. The first-order chi connectivity index (χ1) is 6.22. The number of rotatable bonds is 3. The van der Waals surface area contributed by atoms with Crippen molar-refractivity contribution >= 4 is 0 Å². The van der Waals surface area contributed by atoms with Gasteiger partial charge in [-0.1, -0.05) is 34.7 Å². The van der Waals surface area contributed by atoms with Crippen molar-refractivity contribution in [3.63, 3.8) is 0 Å². The van der Waals surface area contributed by atoms with E-state index in [1.807, 2.05) is 30.7 Å². The molecule has 1 aliphatic rings. The summed E-state index contributed by atoms with van der Waals surface area (Å²) in [7, 11) is 0. The molecule has 0 saturated carbocycles. The van der Waals surface area contributed by atoms with Gasteiger partial charge < -0.3 is 0 Å². The first-order valence-corrected chi connectivity index (χ1v) is 4.04. The van der Waals surface area contributed by atoms with Gasteiger partial charge in [-0.3, -0.25) is 0 Å². The van der Waals surface area contributed by atoms with Crippen LogP contribution in [0.15, 0.2) is 34.7 Å². The molecule has 80 valence electrons. The molecule has 0 aromatic heterocycles. The van der Waals surface area contributed by atoms with Crippen molar-refractivity contribution in [2.75, 3.05) is 0 Å². The Hall–Kier alpha value is -0.814. The fourth-order valence-electron chi connectivity index (χ4n) is 0.497. The van der Waals surface area contributed by atoms with Crippen LogP contribution in [0, 0.1) is 16.2 Å². The van der Waals surface area contributed by atoms with Crippen molar-refractivity contribution in [1.29, 1.82) is 0 Å². The SMILES string of the molecule is C[C@H](N=O)[C@H](C)N=O.[CH]1C=CC=C1.[Co]. The molecule has 0 N–H and O–H groups in total. The summed E-state index contributed by atoms with van der Waals surface area (Å²) in [6, 6.07) is -0.986. The van der Waals surface area contributed by atoms with Crippen molar-refractivity contribution in [2.24, 2.45) is 10.4 Å². The second-order valence-corrected chi connectivity index (χ2v) is 2.65. The summed E-state index contributed by atoms with van der Waals surface area (Å²) in [5.74, 6) is 0. The van der Waals surface area contributed by atoms with Crippen LogP contribution >= 0.6 is 0 Å². The number of hydrogen-bond acceptors (Lipinski definition) is 4. The fraction of sp³-hybridized carbons (Fsp3) is 0.444. The topological polar surface area (TPSA) is 58.9 Å². The molecule has 0 heterocycles. The van der Waals surface area contributed by atoms with Crippen LogP contribution in [-0.2, 0) is 16.8 Å². The van der Waals surface area contributed by atoms with Crippen LogP contribution in [-0.4, -0.2) is 12.1 Å². The van der Waals surface area contributed by atoms with E-state index in [0.29, 0.717) is 0 Å². The van der Waals surface area contributed by atoms with E-state index >= 15 is 0 Å². The molecule has 0 spiro atoms. The van der Waals surface area contributed by atoms with E-state index in [1.54, 1.807) is 13.8 Å². The largest absolute Gasteiger partial charge is 0.150 e. The molecule has 14 heavy (non-hydrogen) atoms. The van der Waals surface area contributed by atoms with Crippen LogP contribution in [0.25, 0.3) is 0 Å². The molecule has 0 unspecified atom stereocenters. The van der Waals surface area contributed by atoms with E-state index in [0.717, 1.165) is 0 Å². The molecular weight excluding hydrogens is 227 g/mol. The Labute approximate surface area is 94.0 Å². The summed E-state index contributed by atoms with van der Waals surface area (Å²) in [5, 5.41) is 5.23.